The Morgan fingerprint density at radius 2 is 1.44 bits per heavy atom. The molecule has 0 heterocycles. The minimum Gasteiger partial charge on any atom is -0.381 e. The Balaban J connectivity index is 1.71. The van der Waals surface area contributed by atoms with Crippen molar-refractivity contribution in [2.75, 3.05) is 7.11 Å². The van der Waals surface area contributed by atoms with Gasteiger partial charge in [0, 0.05) is 7.11 Å². The molecule has 0 amide bonds. The number of hydrogen-bond acceptors (Lipinski definition) is 1. The maximum Gasteiger partial charge on any atom is 0.0571 e. The number of ether oxygens (including phenoxy) is 1. The van der Waals surface area contributed by atoms with Gasteiger partial charge in [0.15, 0.2) is 0 Å². The predicted molar refractivity (Wildman–Crippen MR) is 77.6 cm³/mol. The first kappa shape index (κ1) is 14.1. The zero-order chi connectivity index (χ0) is 12.8. The van der Waals surface area contributed by atoms with Gasteiger partial charge in [-0.1, -0.05) is 19.1 Å². The number of hydrogen-bond donors (Lipinski definition) is 0. The lowest BCUT2D eigenvalue weighted by Gasteiger charge is -2.37. The van der Waals surface area contributed by atoms with Crippen molar-refractivity contribution >= 4 is 0 Å². The van der Waals surface area contributed by atoms with Gasteiger partial charge in [-0.15, -0.1) is 0 Å². The van der Waals surface area contributed by atoms with Crippen LogP contribution >= 0.6 is 0 Å². The van der Waals surface area contributed by atoms with E-state index in [0.717, 1.165) is 17.8 Å². The second-order valence-corrected chi connectivity index (χ2v) is 6.28. The summed E-state index contributed by atoms with van der Waals surface area (Å²) in [6.07, 6.45) is 17.8. The summed E-state index contributed by atoms with van der Waals surface area (Å²) in [5.41, 5.74) is 0. The first-order valence-electron chi connectivity index (χ1n) is 8.03. The van der Waals surface area contributed by atoms with E-state index < -0.39 is 0 Å². The van der Waals surface area contributed by atoms with Gasteiger partial charge in [0.05, 0.1) is 6.10 Å². The third-order valence-corrected chi connectivity index (χ3v) is 5.18. The first-order chi connectivity index (χ1) is 8.83. The topological polar surface area (TPSA) is 9.23 Å². The normalized spacial score (nSPS) is 38.1. The summed E-state index contributed by atoms with van der Waals surface area (Å²) in [7, 11) is 1.87. The molecule has 2 aliphatic rings. The molecule has 2 fully saturated rings. The van der Waals surface area contributed by atoms with Gasteiger partial charge in [-0.05, 0) is 75.5 Å². The molecular weight excluding hydrogens is 220 g/mol. The molecule has 2 rings (SSSR count). The van der Waals surface area contributed by atoms with Gasteiger partial charge in [-0.3, -0.25) is 0 Å². The Kier molecular flexibility index (Phi) is 5.75. The van der Waals surface area contributed by atoms with Crippen molar-refractivity contribution in [2.45, 2.75) is 70.8 Å². The molecular formula is C17H30O. The Hall–Kier alpha value is -0.300. The second kappa shape index (κ2) is 7.33. The molecule has 0 bridgehead atoms. The molecule has 0 atom stereocenters. The van der Waals surface area contributed by atoms with E-state index in [1.807, 2.05) is 7.11 Å². The van der Waals surface area contributed by atoms with Gasteiger partial charge in [0.1, 0.15) is 0 Å². The van der Waals surface area contributed by atoms with E-state index >= 15 is 0 Å². The summed E-state index contributed by atoms with van der Waals surface area (Å²) in [5.74, 6) is 2.91. The highest BCUT2D eigenvalue weighted by molar-refractivity contribution is 4.92. The molecule has 0 aromatic carbocycles. The molecule has 1 heteroatoms. The highest BCUT2D eigenvalue weighted by Gasteiger charge is 2.30. The first-order valence-corrected chi connectivity index (χ1v) is 8.03. The molecule has 0 aromatic rings. The lowest BCUT2D eigenvalue weighted by molar-refractivity contribution is 0.0405. The van der Waals surface area contributed by atoms with E-state index in [4.69, 9.17) is 4.74 Å². The van der Waals surface area contributed by atoms with Crippen molar-refractivity contribution < 1.29 is 4.74 Å². The average molecular weight is 250 g/mol. The highest BCUT2D eigenvalue weighted by atomic mass is 16.5. The van der Waals surface area contributed by atoms with Crippen molar-refractivity contribution in [3.8, 4) is 0 Å². The van der Waals surface area contributed by atoms with Crippen LogP contribution in [-0.4, -0.2) is 13.2 Å². The summed E-state index contributed by atoms with van der Waals surface area (Å²) in [4.78, 5) is 0. The van der Waals surface area contributed by atoms with Crippen molar-refractivity contribution in [1.29, 1.82) is 0 Å². The molecule has 0 N–H and O–H groups in total. The molecule has 2 aliphatic carbocycles. The highest BCUT2D eigenvalue weighted by Crippen LogP contribution is 2.40. The van der Waals surface area contributed by atoms with E-state index in [1.54, 1.807) is 0 Å². The molecule has 104 valence electrons. The second-order valence-electron chi connectivity index (χ2n) is 6.28. The van der Waals surface area contributed by atoms with Crippen LogP contribution < -0.4 is 0 Å². The fourth-order valence-electron chi connectivity index (χ4n) is 3.93. The van der Waals surface area contributed by atoms with Crippen LogP contribution in [0.4, 0.5) is 0 Å². The summed E-state index contributed by atoms with van der Waals surface area (Å²) >= 11 is 0. The Labute approximate surface area is 113 Å². The van der Waals surface area contributed by atoms with Crippen LogP contribution in [0.5, 0.6) is 0 Å². The Morgan fingerprint density at radius 3 is 1.94 bits per heavy atom. The quantitative estimate of drug-likeness (QED) is 0.640. The van der Waals surface area contributed by atoms with E-state index in [9.17, 15) is 0 Å². The molecule has 0 unspecified atom stereocenters. The smallest absolute Gasteiger partial charge is 0.0571 e. The number of allylic oxidation sites excluding steroid dienone is 2. The molecule has 2 saturated carbocycles. The summed E-state index contributed by atoms with van der Waals surface area (Å²) in [5, 5.41) is 0. The van der Waals surface area contributed by atoms with Crippen LogP contribution in [0.2, 0.25) is 0 Å². The van der Waals surface area contributed by atoms with Crippen LogP contribution in [0, 0.1) is 17.8 Å². The zero-order valence-electron chi connectivity index (χ0n) is 12.2. The molecule has 0 aliphatic heterocycles. The van der Waals surface area contributed by atoms with E-state index in [-0.39, 0.29) is 0 Å². The van der Waals surface area contributed by atoms with Gasteiger partial charge >= 0.3 is 0 Å². The zero-order valence-corrected chi connectivity index (χ0v) is 12.2. The molecule has 0 aromatic heterocycles. The van der Waals surface area contributed by atoms with Crippen molar-refractivity contribution in [3.63, 3.8) is 0 Å². The molecule has 0 radical (unpaired) electrons. The van der Waals surface area contributed by atoms with Gasteiger partial charge in [-0.2, -0.15) is 0 Å². The van der Waals surface area contributed by atoms with Gasteiger partial charge < -0.3 is 4.74 Å². The Morgan fingerprint density at radius 1 is 0.889 bits per heavy atom. The maximum absolute atomic E-state index is 5.48. The standard InChI is InChI=1S/C17H30O/c1-3-4-5-14-6-8-15(9-7-14)16-10-12-17(18-2)13-11-16/h4-5,14-17H,3,6-13H2,1-2H3/t14-,15-,16-,17-. The van der Waals surface area contributed by atoms with E-state index in [0.29, 0.717) is 6.10 Å². The van der Waals surface area contributed by atoms with E-state index in [1.165, 1.54) is 57.8 Å². The van der Waals surface area contributed by atoms with Crippen molar-refractivity contribution in [2.24, 2.45) is 17.8 Å². The predicted octanol–water partition coefficient (Wildman–Crippen LogP) is 4.96. The SMILES string of the molecule is CCC=C[C@H]1CC[C@H]([C@H]2CC[C@H](OC)CC2)CC1. The van der Waals surface area contributed by atoms with Gasteiger partial charge in [-0.25, -0.2) is 0 Å². The van der Waals surface area contributed by atoms with Crippen LogP contribution in [0.15, 0.2) is 12.2 Å². The van der Waals surface area contributed by atoms with Gasteiger partial charge in [0.2, 0.25) is 0 Å². The molecule has 18 heavy (non-hydrogen) atoms. The fraction of sp³-hybridized carbons (Fsp3) is 0.882. The van der Waals surface area contributed by atoms with Crippen LogP contribution in [0.25, 0.3) is 0 Å². The molecule has 1 nitrogen and oxygen atoms in total. The van der Waals surface area contributed by atoms with E-state index in [2.05, 4.69) is 19.1 Å². The van der Waals surface area contributed by atoms with Crippen molar-refractivity contribution in [3.05, 3.63) is 12.2 Å². The fourth-order valence-corrected chi connectivity index (χ4v) is 3.93. The molecule has 0 saturated heterocycles. The number of rotatable bonds is 4. The minimum atomic E-state index is 0.560. The maximum atomic E-state index is 5.48. The third-order valence-electron chi connectivity index (χ3n) is 5.18. The molecule has 0 spiro atoms. The van der Waals surface area contributed by atoms with Crippen LogP contribution in [-0.2, 0) is 4.74 Å². The largest absolute Gasteiger partial charge is 0.381 e. The monoisotopic (exact) mass is 250 g/mol. The summed E-state index contributed by atoms with van der Waals surface area (Å²) in [6.45, 7) is 2.23. The van der Waals surface area contributed by atoms with Crippen molar-refractivity contribution in [1.82, 2.24) is 0 Å². The number of methoxy groups -OCH3 is 1. The van der Waals surface area contributed by atoms with Crippen LogP contribution in [0.3, 0.4) is 0 Å². The average Bonchev–Trinajstić information content (AvgIpc) is 2.46. The third kappa shape index (κ3) is 3.85. The lowest BCUT2D eigenvalue weighted by atomic mass is 9.70. The van der Waals surface area contributed by atoms with Crippen LogP contribution in [0.1, 0.15) is 64.7 Å². The lowest BCUT2D eigenvalue weighted by Crippen LogP contribution is -2.27. The Bertz CT molecular complexity index is 242. The van der Waals surface area contributed by atoms with Gasteiger partial charge in [0.25, 0.3) is 0 Å². The minimum absolute atomic E-state index is 0.560. The summed E-state index contributed by atoms with van der Waals surface area (Å²) in [6, 6.07) is 0. The summed E-state index contributed by atoms with van der Waals surface area (Å²) < 4.78 is 5.48.